The maximum atomic E-state index is 11.4. The summed E-state index contributed by atoms with van der Waals surface area (Å²) in [5, 5.41) is 9.54. The smallest absolute Gasteiger partial charge is 0.274 e. The second kappa shape index (κ2) is 4.62. The minimum Gasteiger partial charge on any atom is -0.377 e. The van der Waals surface area contributed by atoms with Crippen LogP contribution in [0.5, 0.6) is 0 Å². The van der Waals surface area contributed by atoms with Crippen LogP contribution in [0, 0.1) is 6.92 Å². The maximum absolute atomic E-state index is 11.4. The fourth-order valence-electron chi connectivity index (χ4n) is 1.91. The van der Waals surface area contributed by atoms with Gasteiger partial charge >= 0.3 is 0 Å². The first-order valence-corrected chi connectivity index (χ1v) is 5.56. The summed E-state index contributed by atoms with van der Waals surface area (Å²) in [7, 11) is 3.88. The zero-order valence-corrected chi connectivity index (χ0v) is 10.6. The number of aromatic nitrogens is 1. The molecule has 2 aromatic rings. The van der Waals surface area contributed by atoms with E-state index in [9.17, 15) is 4.79 Å². The Labute approximate surface area is 105 Å². The molecule has 0 fully saturated rings. The van der Waals surface area contributed by atoms with Gasteiger partial charge in [0.05, 0.1) is 5.52 Å². The third-order valence-electron chi connectivity index (χ3n) is 2.76. The fourth-order valence-corrected chi connectivity index (χ4v) is 1.91. The number of hydrogen-bond donors (Lipinski definition) is 2. The molecular formula is C13H15N3O2. The van der Waals surface area contributed by atoms with Crippen LogP contribution in [0.4, 0.5) is 5.69 Å². The number of aryl methyl sites for hydroxylation is 1. The van der Waals surface area contributed by atoms with E-state index in [0.717, 1.165) is 22.3 Å². The minimum atomic E-state index is -0.526. The summed E-state index contributed by atoms with van der Waals surface area (Å²) in [6, 6.07) is 7.10. The molecule has 0 saturated heterocycles. The number of anilines is 1. The number of amides is 1. The van der Waals surface area contributed by atoms with Gasteiger partial charge in [-0.15, -0.1) is 0 Å². The summed E-state index contributed by atoms with van der Waals surface area (Å²) < 4.78 is 0. The highest BCUT2D eigenvalue weighted by Gasteiger charge is 2.10. The Morgan fingerprint density at radius 1 is 1.33 bits per heavy atom. The second-order valence-electron chi connectivity index (χ2n) is 4.35. The van der Waals surface area contributed by atoms with Crippen molar-refractivity contribution in [2.75, 3.05) is 19.0 Å². The first-order valence-electron chi connectivity index (χ1n) is 5.56. The van der Waals surface area contributed by atoms with Gasteiger partial charge in [-0.25, -0.2) is 5.48 Å². The number of carbonyl (C=O) groups is 1. The van der Waals surface area contributed by atoms with Crippen molar-refractivity contribution in [3.05, 3.63) is 35.5 Å². The van der Waals surface area contributed by atoms with Gasteiger partial charge in [0.2, 0.25) is 0 Å². The van der Waals surface area contributed by atoms with E-state index < -0.39 is 5.91 Å². The van der Waals surface area contributed by atoms with Crippen molar-refractivity contribution >= 4 is 22.5 Å². The minimum absolute atomic E-state index is 0.402. The van der Waals surface area contributed by atoms with Crippen LogP contribution in [0.3, 0.4) is 0 Å². The Bertz CT molecular complexity index is 608. The molecule has 0 atom stereocenters. The number of carbonyl (C=O) groups excluding carboxylic acids is 1. The number of fused-ring (bicyclic) bond motifs is 1. The van der Waals surface area contributed by atoms with E-state index >= 15 is 0 Å². The van der Waals surface area contributed by atoms with Crippen LogP contribution >= 0.6 is 0 Å². The zero-order valence-electron chi connectivity index (χ0n) is 10.6. The number of nitrogens with zero attached hydrogens (tertiary/aromatic N) is 2. The molecule has 5 heteroatoms. The molecule has 94 valence electrons. The van der Waals surface area contributed by atoms with Crippen molar-refractivity contribution in [1.29, 1.82) is 0 Å². The molecule has 0 saturated carbocycles. The van der Waals surface area contributed by atoms with Gasteiger partial charge in [0.15, 0.2) is 0 Å². The highest BCUT2D eigenvalue weighted by atomic mass is 16.5. The van der Waals surface area contributed by atoms with E-state index in [2.05, 4.69) is 4.98 Å². The average Bonchev–Trinajstić information content (AvgIpc) is 2.36. The van der Waals surface area contributed by atoms with Crippen molar-refractivity contribution in [1.82, 2.24) is 10.5 Å². The monoisotopic (exact) mass is 245 g/mol. The lowest BCUT2D eigenvalue weighted by Gasteiger charge is -2.16. The van der Waals surface area contributed by atoms with Crippen LogP contribution in [0.15, 0.2) is 24.3 Å². The largest absolute Gasteiger partial charge is 0.377 e. The van der Waals surface area contributed by atoms with Gasteiger partial charge in [-0.1, -0.05) is 0 Å². The number of benzene rings is 1. The van der Waals surface area contributed by atoms with E-state index in [1.165, 1.54) is 0 Å². The van der Waals surface area contributed by atoms with Crippen LogP contribution in [0.2, 0.25) is 0 Å². The molecule has 0 radical (unpaired) electrons. The Balaban J connectivity index is 2.70. The molecule has 2 N–H and O–H groups in total. The molecular weight excluding hydrogens is 230 g/mol. The Kier molecular flexibility index (Phi) is 3.16. The summed E-state index contributed by atoms with van der Waals surface area (Å²) in [6.07, 6.45) is 0. The molecule has 1 heterocycles. The standard InChI is InChI=1S/C13H15N3O2/c1-8-6-12(16(2)3)10-7-9(13(17)15-18)4-5-11(10)14-8/h4-7,18H,1-3H3,(H,15,17). The average molecular weight is 245 g/mol. The zero-order chi connectivity index (χ0) is 13.3. The number of nitrogens with one attached hydrogen (secondary N) is 1. The summed E-state index contributed by atoms with van der Waals surface area (Å²) in [6.45, 7) is 1.93. The van der Waals surface area contributed by atoms with Gasteiger partial charge in [-0.2, -0.15) is 0 Å². The molecule has 0 unspecified atom stereocenters. The van der Waals surface area contributed by atoms with Gasteiger partial charge in [0.25, 0.3) is 5.91 Å². The molecule has 0 bridgehead atoms. The molecule has 1 amide bonds. The Hall–Kier alpha value is -2.14. The quantitative estimate of drug-likeness (QED) is 0.624. The lowest BCUT2D eigenvalue weighted by Crippen LogP contribution is -2.18. The molecule has 5 nitrogen and oxygen atoms in total. The van der Waals surface area contributed by atoms with Crippen molar-refractivity contribution in [3.8, 4) is 0 Å². The normalized spacial score (nSPS) is 10.4. The molecule has 0 aliphatic heterocycles. The van der Waals surface area contributed by atoms with Gasteiger partial charge in [-0.05, 0) is 31.2 Å². The van der Waals surface area contributed by atoms with Crippen molar-refractivity contribution in [2.24, 2.45) is 0 Å². The predicted octanol–water partition coefficient (Wildman–Crippen LogP) is 1.73. The van der Waals surface area contributed by atoms with Gasteiger partial charge < -0.3 is 4.90 Å². The highest BCUT2D eigenvalue weighted by molar-refractivity contribution is 6.00. The van der Waals surface area contributed by atoms with Gasteiger partial charge in [-0.3, -0.25) is 15.0 Å². The predicted molar refractivity (Wildman–Crippen MR) is 70.1 cm³/mol. The van der Waals surface area contributed by atoms with Crippen LogP contribution < -0.4 is 10.4 Å². The highest BCUT2D eigenvalue weighted by Crippen LogP contribution is 2.26. The first-order chi connectivity index (χ1) is 8.52. The summed E-state index contributed by atoms with van der Waals surface area (Å²) in [5.41, 5.74) is 4.77. The van der Waals surface area contributed by atoms with Crippen molar-refractivity contribution < 1.29 is 10.0 Å². The second-order valence-corrected chi connectivity index (χ2v) is 4.35. The number of hydroxylamine groups is 1. The molecule has 18 heavy (non-hydrogen) atoms. The number of pyridine rings is 1. The van der Waals surface area contributed by atoms with Crippen LogP contribution in [0.25, 0.3) is 10.9 Å². The first kappa shape index (κ1) is 12.3. The van der Waals surface area contributed by atoms with E-state index in [-0.39, 0.29) is 0 Å². The fraction of sp³-hybridized carbons (Fsp3) is 0.231. The SMILES string of the molecule is Cc1cc(N(C)C)c2cc(C(=O)NO)ccc2n1. The Morgan fingerprint density at radius 3 is 2.67 bits per heavy atom. The van der Waals surface area contributed by atoms with Crippen molar-refractivity contribution in [2.45, 2.75) is 6.92 Å². The number of hydrogen-bond acceptors (Lipinski definition) is 4. The molecule has 0 spiro atoms. The van der Waals surface area contributed by atoms with E-state index in [1.807, 2.05) is 32.0 Å². The molecule has 2 rings (SSSR count). The Morgan fingerprint density at radius 2 is 2.06 bits per heavy atom. The van der Waals surface area contributed by atoms with Crippen LogP contribution in [0.1, 0.15) is 16.1 Å². The molecule has 1 aromatic carbocycles. The van der Waals surface area contributed by atoms with Gasteiger partial charge in [0, 0.05) is 36.4 Å². The van der Waals surface area contributed by atoms with Crippen LogP contribution in [-0.4, -0.2) is 30.2 Å². The van der Waals surface area contributed by atoms with E-state index in [4.69, 9.17) is 5.21 Å². The van der Waals surface area contributed by atoms with E-state index in [1.54, 1.807) is 23.7 Å². The molecule has 0 aliphatic carbocycles. The van der Waals surface area contributed by atoms with Gasteiger partial charge in [0.1, 0.15) is 0 Å². The van der Waals surface area contributed by atoms with E-state index in [0.29, 0.717) is 5.56 Å². The summed E-state index contributed by atoms with van der Waals surface area (Å²) >= 11 is 0. The van der Waals surface area contributed by atoms with Crippen LogP contribution in [-0.2, 0) is 0 Å². The maximum Gasteiger partial charge on any atom is 0.274 e. The third kappa shape index (κ3) is 2.12. The topological polar surface area (TPSA) is 65.5 Å². The third-order valence-corrected chi connectivity index (χ3v) is 2.76. The molecule has 0 aliphatic rings. The van der Waals surface area contributed by atoms with Crippen molar-refractivity contribution in [3.63, 3.8) is 0 Å². The number of rotatable bonds is 2. The lowest BCUT2D eigenvalue weighted by atomic mass is 10.1. The molecule has 1 aromatic heterocycles. The lowest BCUT2D eigenvalue weighted by molar-refractivity contribution is 0.0706. The summed E-state index contributed by atoms with van der Waals surface area (Å²) in [4.78, 5) is 17.8. The summed E-state index contributed by atoms with van der Waals surface area (Å²) in [5.74, 6) is -0.526.